The van der Waals surface area contributed by atoms with Crippen molar-refractivity contribution in [3.63, 3.8) is 0 Å². The molecule has 37 heavy (non-hydrogen) atoms. The summed E-state index contributed by atoms with van der Waals surface area (Å²) in [7, 11) is 0. The van der Waals surface area contributed by atoms with E-state index in [9.17, 15) is 27.6 Å². The van der Waals surface area contributed by atoms with E-state index < -0.39 is 45.2 Å². The Morgan fingerprint density at radius 1 is 1.19 bits per heavy atom. The maximum atomic E-state index is 14.3. The molecule has 6 nitrogen and oxygen atoms in total. The number of fused-ring (bicyclic) bond motifs is 1. The van der Waals surface area contributed by atoms with Gasteiger partial charge in [0, 0.05) is 24.2 Å². The van der Waals surface area contributed by atoms with Crippen molar-refractivity contribution in [2.24, 2.45) is 11.1 Å². The molecule has 1 fully saturated rings. The van der Waals surface area contributed by atoms with Gasteiger partial charge in [-0.05, 0) is 61.1 Å². The van der Waals surface area contributed by atoms with E-state index in [2.05, 4.69) is 16.5 Å². The molecule has 5 rings (SSSR count). The van der Waals surface area contributed by atoms with Crippen LogP contribution in [0.1, 0.15) is 53.2 Å². The van der Waals surface area contributed by atoms with Crippen LogP contribution in [-0.4, -0.2) is 28.4 Å². The van der Waals surface area contributed by atoms with Crippen molar-refractivity contribution in [1.82, 2.24) is 10.2 Å². The fourth-order valence-electron chi connectivity index (χ4n) is 4.75. The third-order valence-corrected chi connectivity index (χ3v) is 7.73. The number of amidine groups is 1. The van der Waals surface area contributed by atoms with Crippen molar-refractivity contribution in [3.05, 3.63) is 68.4 Å². The molecule has 1 aliphatic carbocycles. The summed E-state index contributed by atoms with van der Waals surface area (Å²) in [5, 5.41) is 15.0. The first-order valence-corrected chi connectivity index (χ1v) is 12.2. The summed E-state index contributed by atoms with van der Waals surface area (Å²) in [6.45, 7) is 2.16. The first-order valence-electron chi connectivity index (χ1n) is 11.4. The monoisotopic (exact) mass is 554 g/mol. The second-order valence-corrected chi connectivity index (χ2v) is 10.6. The van der Waals surface area contributed by atoms with E-state index in [0.717, 1.165) is 36.1 Å². The normalized spacial score (nSPS) is 22.5. The van der Waals surface area contributed by atoms with Crippen LogP contribution in [0.2, 0.25) is 10.0 Å². The van der Waals surface area contributed by atoms with Gasteiger partial charge in [0.1, 0.15) is 11.4 Å². The predicted octanol–water partition coefficient (Wildman–Crippen LogP) is 6.06. The summed E-state index contributed by atoms with van der Waals surface area (Å²) in [5.74, 6) is -1.25. The van der Waals surface area contributed by atoms with Crippen molar-refractivity contribution >= 4 is 34.9 Å². The lowest BCUT2D eigenvalue weighted by molar-refractivity contribution is -0.275. The highest BCUT2D eigenvalue weighted by atomic mass is 35.5. The molecule has 0 radical (unpaired) electrons. The van der Waals surface area contributed by atoms with Crippen molar-refractivity contribution < 1.29 is 27.2 Å². The summed E-state index contributed by atoms with van der Waals surface area (Å²) in [4.78, 5) is 19.5. The van der Waals surface area contributed by atoms with Gasteiger partial charge in [0.15, 0.2) is 5.82 Å². The molecule has 1 amide bonds. The van der Waals surface area contributed by atoms with Crippen molar-refractivity contribution in [2.45, 2.75) is 56.6 Å². The van der Waals surface area contributed by atoms with Crippen LogP contribution in [0.5, 0.6) is 0 Å². The number of carbonyl (C=O) groups is 1. The lowest BCUT2D eigenvalue weighted by Crippen LogP contribution is -2.46. The van der Waals surface area contributed by atoms with Crippen LogP contribution < -0.4 is 5.32 Å². The van der Waals surface area contributed by atoms with Crippen molar-refractivity contribution in [3.8, 4) is 6.07 Å². The number of hydrogen-bond acceptors (Lipinski definition) is 5. The number of nitriles is 1. The molecule has 0 bridgehead atoms. The fourth-order valence-corrected chi connectivity index (χ4v) is 5.24. The molecule has 1 saturated carbocycles. The maximum absolute atomic E-state index is 14.3. The van der Waals surface area contributed by atoms with Gasteiger partial charge in [0.05, 0.1) is 22.5 Å². The molecular formula is C25H20Cl2F4N4O2. The quantitative estimate of drug-likeness (QED) is 0.368. The Hall–Kier alpha value is -3.03. The average Bonchev–Trinajstić information content (AvgIpc) is 3.46. The van der Waals surface area contributed by atoms with Crippen LogP contribution >= 0.6 is 23.2 Å². The highest BCUT2D eigenvalue weighted by Gasteiger charge is 2.63. The molecule has 2 aromatic rings. The topological polar surface area (TPSA) is 77.7 Å². The molecule has 2 aromatic carbocycles. The Labute approximate surface area is 219 Å². The Morgan fingerprint density at radius 3 is 2.43 bits per heavy atom. The molecule has 2 aliphatic heterocycles. The zero-order valence-electron chi connectivity index (χ0n) is 19.4. The van der Waals surface area contributed by atoms with Gasteiger partial charge in [-0.1, -0.05) is 34.4 Å². The molecule has 0 spiro atoms. The summed E-state index contributed by atoms with van der Waals surface area (Å²) in [6, 6.07) is 8.89. The first kappa shape index (κ1) is 25.6. The van der Waals surface area contributed by atoms with E-state index in [-0.39, 0.29) is 30.8 Å². The van der Waals surface area contributed by atoms with E-state index in [4.69, 9.17) is 28.0 Å². The highest BCUT2D eigenvalue weighted by Crippen LogP contribution is 2.50. The third-order valence-electron chi connectivity index (χ3n) is 7.18. The number of carbonyl (C=O) groups excluding carboxylic acids is 1. The molecule has 0 aromatic heterocycles. The van der Waals surface area contributed by atoms with E-state index in [1.807, 2.05) is 0 Å². The number of halogens is 6. The summed E-state index contributed by atoms with van der Waals surface area (Å²) < 4.78 is 56.7. The summed E-state index contributed by atoms with van der Waals surface area (Å²) in [6.07, 6.45) is -3.82. The van der Waals surface area contributed by atoms with Crippen LogP contribution in [-0.2, 0) is 23.5 Å². The van der Waals surface area contributed by atoms with E-state index in [0.29, 0.717) is 5.56 Å². The minimum absolute atomic E-state index is 0.0434. The van der Waals surface area contributed by atoms with Crippen LogP contribution in [0.3, 0.4) is 0 Å². The number of rotatable bonds is 4. The van der Waals surface area contributed by atoms with Gasteiger partial charge < -0.3 is 15.1 Å². The van der Waals surface area contributed by atoms with E-state index >= 15 is 0 Å². The van der Waals surface area contributed by atoms with Crippen molar-refractivity contribution in [2.75, 3.05) is 0 Å². The fraction of sp³-hybridized carbons (Fsp3) is 0.400. The van der Waals surface area contributed by atoms with Crippen LogP contribution in [0.4, 0.5) is 17.6 Å². The Balaban J connectivity index is 1.35. The largest absolute Gasteiger partial charge is 0.435 e. The van der Waals surface area contributed by atoms with Crippen LogP contribution in [0.25, 0.3) is 0 Å². The number of alkyl halides is 3. The minimum Gasteiger partial charge on any atom is -0.372 e. The molecule has 1 N–H and O–H groups in total. The lowest BCUT2D eigenvalue weighted by Gasteiger charge is -2.30. The smallest absolute Gasteiger partial charge is 0.372 e. The lowest BCUT2D eigenvalue weighted by atomic mass is 9.89. The molecule has 2 heterocycles. The molecule has 2 atom stereocenters. The van der Waals surface area contributed by atoms with Gasteiger partial charge in [-0.15, -0.1) is 0 Å². The molecule has 2 unspecified atom stereocenters. The first-order chi connectivity index (χ1) is 17.4. The summed E-state index contributed by atoms with van der Waals surface area (Å²) in [5.41, 5.74) is -2.37. The summed E-state index contributed by atoms with van der Waals surface area (Å²) >= 11 is 11.5. The van der Waals surface area contributed by atoms with Gasteiger partial charge in [-0.25, -0.2) is 4.39 Å². The number of hydrogen-bond donors (Lipinski definition) is 1. The third kappa shape index (κ3) is 4.38. The molecule has 12 heteroatoms. The second-order valence-electron chi connectivity index (χ2n) is 9.74. The number of nitrogens with zero attached hydrogens (tertiary/aromatic N) is 3. The maximum Gasteiger partial charge on any atom is 0.435 e. The number of amides is 1. The van der Waals surface area contributed by atoms with E-state index in [1.54, 1.807) is 30.0 Å². The van der Waals surface area contributed by atoms with Crippen molar-refractivity contribution in [1.29, 1.82) is 5.26 Å². The van der Waals surface area contributed by atoms with Crippen LogP contribution in [0, 0.1) is 23.1 Å². The number of oxime groups is 1. The SMILES string of the molecule is CC(C#N)(NC(=O)c1ccc2c(c1)CN(C1=NOC(c3cc(Cl)c(F)c(Cl)c3)(C(F)(F)F)C1)C2)C1CC1. The zero-order valence-corrected chi connectivity index (χ0v) is 20.9. The van der Waals surface area contributed by atoms with Gasteiger partial charge in [0.2, 0.25) is 0 Å². The zero-order chi connectivity index (χ0) is 26.8. The second kappa shape index (κ2) is 8.77. The van der Waals surface area contributed by atoms with Gasteiger partial charge >= 0.3 is 6.18 Å². The van der Waals surface area contributed by atoms with E-state index in [1.165, 1.54) is 0 Å². The molecule has 3 aliphatic rings. The van der Waals surface area contributed by atoms with Gasteiger partial charge in [0.25, 0.3) is 11.5 Å². The number of benzene rings is 2. The van der Waals surface area contributed by atoms with Gasteiger partial charge in [-0.2, -0.15) is 18.4 Å². The molecule has 194 valence electrons. The Morgan fingerprint density at radius 2 is 1.84 bits per heavy atom. The molecular weight excluding hydrogens is 535 g/mol. The Kier molecular flexibility index (Phi) is 6.07. The minimum atomic E-state index is -4.91. The number of nitrogens with one attached hydrogen (secondary N) is 1. The van der Waals surface area contributed by atoms with Crippen LogP contribution in [0.15, 0.2) is 35.5 Å². The standard InChI is InChI=1S/C25H20Cl2F4N4O2/c1-23(12-32,16-4-5-16)33-22(36)13-2-3-14-10-35(11-15(14)6-13)20-9-24(37-34-20,25(29,30)31)17-7-18(26)21(28)19(27)8-17/h2-3,6-8,16H,4-5,9-11H2,1H3,(H,33,36). The Bertz CT molecular complexity index is 1350. The predicted molar refractivity (Wildman–Crippen MR) is 127 cm³/mol. The molecule has 0 saturated heterocycles. The highest BCUT2D eigenvalue weighted by molar-refractivity contribution is 6.35. The average molecular weight is 555 g/mol. The van der Waals surface area contributed by atoms with Gasteiger partial charge in [-0.3, -0.25) is 4.79 Å².